The minimum atomic E-state index is -0.498. The molecule has 2 heterocycles. The topological polar surface area (TPSA) is 100 Å². The van der Waals surface area contributed by atoms with Crippen molar-refractivity contribution in [3.8, 4) is 0 Å². The maximum absolute atomic E-state index is 11.9. The Morgan fingerprint density at radius 2 is 2.40 bits per heavy atom. The van der Waals surface area contributed by atoms with Crippen molar-refractivity contribution in [1.29, 1.82) is 0 Å². The Morgan fingerprint density at radius 3 is 3.05 bits per heavy atom. The van der Waals surface area contributed by atoms with Crippen molar-refractivity contribution in [2.45, 2.75) is 13.0 Å². The van der Waals surface area contributed by atoms with E-state index < -0.39 is 11.0 Å². The van der Waals surface area contributed by atoms with Gasteiger partial charge in [0.2, 0.25) is 11.7 Å². The fraction of sp³-hybridized carbons (Fsp3) is 0.500. The van der Waals surface area contributed by atoms with Crippen LogP contribution in [0.5, 0.6) is 0 Å². The number of piperazine rings is 1. The van der Waals surface area contributed by atoms with E-state index in [1.807, 2.05) is 0 Å². The molecule has 0 aliphatic carbocycles. The lowest BCUT2D eigenvalue weighted by atomic mass is 10.1. The number of pyridine rings is 1. The quantitative estimate of drug-likeness (QED) is 0.588. The maximum atomic E-state index is 11.9. The van der Waals surface area contributed by atoms with Crippen LogP contribution in [0.2, 0.25) is 0 Å². The molecule has 1 aromatic rings. The molecule has 2 rings (SSSR count). The number of amides is 1. The second-order valence-corrected chi connectivity index (χ2v) is 4.58. The summed E-state index contributed by atoms with van der Waals surface area (Å²) in [6.45, 7) is 3.25. The summed E-state index contributed by atoms with van der Waals surface area (Å²) in [4.78, 5) is 28.6. The minimum absolute atomic E-state index is 0.0386. The van der Waals surface area contributed by atoms with Crippen LogP contribution in [-0.4, -0.2) is 48.5 Å². The molecule has 1 atom stereocenters. The summed E-state index contributed by atoms with van der Waals surface area (Å²) >= 11 is 0. The van der Waals surface area contributed by atoms with E-state index in [1.165, 1.54) is 6.20 Å². The molecule has 0 saturated carbocycles. The number of nitro groups is 1. The van der Waals surface area contributed by atoms with Gasteiger partial charge in [0.15, 0.2) is 0 Å². The Kier molecular flexibility index (Phi) is 4.14. The third kappa shape index (κ3) is 2.55. The van der Waals surface area contributed by atoms with Crippen molar-refractivity contribution in [2.75, 3.05) is 31.6 Å². The first-order valence-electron chi connectivity index (χ1n) is 6.35. The second-order valence-electron chi connectivity index (χ2n) is 4.58. The number of likely N-dealkylation sites (N-methyl/N-ethyl adjacent to an activating group) is 1. The minimum Gasteiger partial charge on any atom is -0.357 e. The SMILES string of the molecule is CNC(=O)C1CNCCN1c1nccc(C)c1[N+](=O)[O-]. The summed E-state index contributed by atoms with van der Waals surface area (Å²) in [6.07, 6.45) is 1.53. The van der Waals surface area contributed by atoms with E-state index in [-0.39, 0.29) is 17.4 Å². The molecule has 0 radical (unpaired) electrons. The van der Waals surface area contributed by atoms with E-state index in [9.17, 15) is 14.9 Å². The molecule has 1 amide bonds. The van der Waals surface area contributed by atoms with Crippen LogP contribution in [0, 0.1) is 17.0 Å². The van der Waals surface area contributed by atoms with Crippen molar-refractivity contribution in [3.05, 3.63) is 27.9 Å². The zero-order valence-electron chi connectivity index (χ0n) is 11.4. The molecule has 8 nitrogen and oxygen atoms in total. The number of carbonyl (C=O) groups excluding carboxylic acids is 1. The predicted octanol–water partition coefficient (Wildman–Crippen LogP) is -0.178. The molecule has 108 valence electrons. The van der Waals surface area contributed by atoms with Crippen molar-refractivity contribution in [2.24, 2.45) is 0 Å². The Bertz CT molecular complexity index is 534. The summed E-state index contributed by atoms with van der Waals surface area (Å²) < 4.78 is 0. The Labute approximate surface area is 116 Å². The first-order valence-corrected chi connectivity index (χ1v) is 6.35. The Balaban J connectivity index is 2.45. The number of aryl methyl sites for hydroxylation is 1. The first-order chi connectivity index (χ1) is 9.56. The number of hydrogen-bond donors (Lipinski definition) is 2. The lowest BCUT2D eigenvalue weighted by Crippen LogP contribution is -2.58. The van der Waals surface area contributed by atoms with Crippen LogP contribution in [0.4, 0.5) is 11.5 Å². The van der Waals surface area contributed by atoms with Crippen LogP contribution >= 0.6 is 0 Å². The van der Waals surface area contributed by atoms with E-state index >= 15 is 0 Å². The molecule has 1 saturated heterocycles. The first kappa shape index (κ1) is 14.2. The lowest BCUT2D eigenvalue weighted by molar-refractivity contribution is -0.384. The lowest BCUT2D eigenvalue weighted by Gasteiger charge is -2.35. The maximum Gasteiger partial charge on any atom is 0.314 e. The van der Waals surface area contributed by atoms with Gasteiger partial charge in [0.1, 0.15) is 6.04 Å². The van der Waals surface area contributed by atoms with Gasteiger partial charge in [0.25, 0.3) is 0 Å². The van der Waals surface area contributed by atoms with Crippen LogP contribution in [0.1, 0.15) is 5.56 Å². The largest absolute Gasteiger partial charge is 0.357 e. The molecular weight excluding hydrogens is 262 g/mol. The number of nitrogens with one attached hydrogen (secondary N) is 2. The molecule has 8 heteroatoms. The highest BCUT2D eigenvalue weighted by Gasteiger charge is 2.33. The molecule has 1 aliphatic heterocycles. The van der Waals surface area contributed by atoms with Gasteiger partial charge < -0.3 is 15.5 Å². The van der Waals surface area contributed by atoms with Crippen LogP contribution in [0.15, 0.2) is 12.3 Å². The van der Waals surface area contributed by atoms with Gasteiger partial charge in [-0.05, 0) is 13.0 Å². The molecule has 1 unspecified atom stereocenters. The Hall–Kier alpha value is -2.22. The molecule has 0 bridgehead atoms. The highest BCUT2D eigenvalue weighted by atomic mass is 16.6. The van der Waals surface area contributed by atoms with Gasteiger partial charge in [-0.1, -0.05) is 0 Å². The van der Waals surface area contributed by atoms with Gasteiger partial charge in [0, 0.05) is 38.4 Å². The second kappa shape index (κ2) is 5.83. The highest BCUT2D eigenvalue weighted by molar-refractivity contribution is 5.86. The van der Waals surface area contributed by atoms with E-state index in [2.05, 4.69) is 15.6 Å². The summed E-state index contributed by atoms with van der Waals surface area (Å²) in [5, 5.41) is 16.9. The molecule has 1 aliphatic rings. The standard InChI is InChI=1S/C12H17N5O3/c1-8-3-4-15-11(10(8)17(19)20)16-6-5-14-7-9(16)12(18)13-2/h3-4,9,14H,5-7H2,1-2H3,(H,13,18). The molecule has 1 fully saturated rings. The van der Waals surface area contributed by atoms with Gasteiger partial charge in [0.05, 0.1) is 4.92 Å². The highest BCUT2D eigenvalue weighted by Crippen LogP contribution is 2.30. The number of nitrogens with zero attached hydrogens (tertiary/aromatic N) is 3. The third-order valence-corrected chi connectivity index (χ3v) is 3.35. The summed E-state index contributed by atoms with van der Waals surface area (Å²) in [5.41, 5.74) is 0.498. The average Bonchev–Trinajstić information content (AvgIpc) is 2.45. The fourth-order valence-electron chi connectivity index (χ4n) is 2.33. The number of rotatable bonds is 3. The monoisotopic (exact) mass is 279 g/mol. The fourth-order valence-corrected chi connectivity index (χ4v) is 2.33. The molecule has 1 aromatic heterocycles. The van der Waals surface area contributed by atoms with E-state index in [4.69, 9.17) is 0 Å². The summed E-state index contributed by atoms with van der Waals surface area (Å²) in [6, 6.07) is 1.10. The van der Waals surface area contributed by atoms with Crippen LogP contribution in [0.25, 0.3) is 0 Å². The third-order valence-electron chi connectivity index (χ3n) is 3.35. The van der Waals surface area contributed by atoms with E-state index in [0.29, 0.717) is 25.2 Å². The zero-order chi connectivity index (χ0) is 14.7. The molecule has 0 aromatic carbocycles. The number of carbonyl (C=O) groups is 1. The molecule has 0 spiro atoms. The van der Waals surface area contributed by atoms with Gasteiger partial charge in [-0.25, -0.2) is 4.98 Å². The smallest absolute Gasteiger partial charge is 0.314 e. The number of anilines is 1. The normalized spacial score (nSPS) is 18.7. The van der Waals surface area contributed by atoms with Gasteiger partial charge >= 0.3 is 5.69 Å². The van der Waals surface area contributed by atoms with Crippen molar-refractivity contribution in [3.63, 3.8) is 0 Å². The summed E-state index contributed by atoms with van der Waals surface area (Å²) in [5.74, 6) is 0.0694. The molecule has 2 N–H and O–H groups in total. The van der Waals surface area contributed by atoms with Gasteiger partial charge in [-0.15, -0.1) is 0 Å². The van der Waals surface area contributed by atoms with Crippen molar-refractivity contribution >= 4 is 17.4 Å². The van der Waals surface area contributed by atoms with Crippen molar-refractivity contribution < 1.29 is 9.72 Å². The van der Waals surface area contributed by atoms with Crippen LogP contribution in [-0.2, 0) is 4.79 Å². The number of hydrogen-bond acceptors (Lipinski definition) is 6. The number of aromatic nitrogens is 1. The summed E-state index contributed by atoms with van der Waals surface area (Å²) in [7, 11) is 1.55. The predicted molar refractivity (Wildman–Crippen MR) is 73.7 cm³/mol. The van der Waals surface area contributed by atoms with E-state index in [0.717, 1.165) is 0 Å². The van der Waals surface area contributed by atoms with Crippen LogP contribution in [0.3, 0.4) is 0 Å². The van der Waals surface area contributed by atoms with Gasteiger partial charge in [-0.2, -0.15) is 0 Å². The van der Waals surface area contributed by atoms with E-state index in [1.54, 1.807) is 24.9 Å². The van der Waals surface area contributed by atoms with Gasteiger partial charge in [-0.3, -0.25) is 14.9 Å². The molecule has 20 heavy (non-hydrogen) atoms. The zero-order valence-corrected chi connectivity index (χ0v) is 11.4. The molecular formula is C12H17N5O3. The average molecular weight is 279 g/mol. The Morgan fingerprint density at radius 1 is 1.65 bits per heavy atom. The van der Waals surface area contributed by atoms with Crippen molar-refractivity contribution in [1.82, 2.24) is 15.6 Å². The van der Waals surface area contributed by atoms with Crippen LogP contribution < -0.4 is 15.5 Å².